The fraction of sp³-hybridized carbons (Fsp3) is 0.550. The van der Waals surface area contributed by atoms with Crippen LogP contribution in [-0.4, -0.2) is 87.5 Å². The minimum absolute atomic E-state index is 0.000192. The zero-order valence-electron chi connectivity index (χ0n) is 16.3. The molecule has 0 spiro atoms. The number of nitrogens with zero attached hydrogens (tertiary/aromatic N) is 4. The molecule has 2 unspecified atom stereocenters. The number of morpholine rings is 1. The van der Waals surface area contributed by atoms with Crippen molar-refractivity contribution in [1.82, 2.24) is 20.4 Å². The van der Waals surface area contributed by atoms with Gasteiger partial charge in [0.05, 0.1) is 6.61 Å². The predicted molar refractivity (Wildman–Crippen MR) is 109 cm³/mol. The Morgan fingerprint density at radius 2 is 1.85 bits per heavy atom. The molecule has 1 aromatic carbocycles. The number of piperazine rings is 1. The van der Waals surface area contributed by atoms with Gasteiger partial charge in [-0.05, 0) is 32.3 Å². The van der Waals surface area contributed by atoms with Crippen molar-refractivity contribution < 1.29 is 4.74 Å². The van der Waals surface area contributed by atoms with Crippen LogP contribution in [0.15, 0.2) is 47.6 Å². The number of benzene rings is 1. The monoisotopic (exact) mass is 370 g/mol. The summed E-state index contributed by atoms with van der Waals surface area (Å²) in [6, 6.07) is 10.6. The molecule has 0 bridgehead atoms. The van der Waals surface area contributed by atoms with Crippen LogP contribution in [-0.2, 0) is 4.74 Å². The van der Waals surface area contributed by atoms with E-state index in [-0.39, 0.29) is 6.10 Å². The third-order valence-corrected chi connectivity index (χ3v) is 5.64. The molecule has 0 saturated carbocycles. The average Bonchev–Trinajstić information content (AvgIpc) is 2.75. The molecule has 146 valence electrons. The van der Waals surface area contributed by atoms with E-state index in [0.29, 0.717) is 0 Å². The second-order valence-corrected chi connectivity index (χ2v) is 7.46. The number of ether oxygens (including phenoxy) is 1. The molecule has 3 aliphatic heterocycles. The molecule has 2 N–H and O–H groups in total. The molecule has 27 heavy (non-hydrogen) atoms. The van der Waals surface area contributed by atoms with Gasteiger partial charge in [-0.15, -0.1) is 0 Å². The first-order chi connectivity index (χ1) is 13.2. The highest BCUT2D eigenvalue weighted by Gasteiger charge is 2.43. The highest BCUT2D eigenvalue weighted by Crippen LogP contribution is 2.27. The lowest BCUT2D eigenvalue weighted by Crippen LogP contribution is -2.62. The third-order valence-electron chi connectivity index (χ3n) is 5.64. The molecular weight excluding hydrogens is 340 g/mol. The highest BCUT2D eigenvalue weighted by molar-refractivity contribution is 5.83. The summed E-state index contributed by atoms with van der Waals surface area (Å²) in [4.78, 5) is 12.1. The van der Waals surface area contributed by atoms with E-state index in [1.165, 1.54) is 5.69 Å². The lowest BCUT2D eigenvalue weighted by atomic mass is 9.99. The zero-order valence-corrected chi connectivity index (χ0v) is 16.3. The van der Waals surface area contributed by atoms with E-state index in [9.17, 15) is 0 Å². The van der Waals surface area contributed by atoms with Gasteiger partial charge in [0.15, 0.2) is 11.6 Å². The van der Waals surface area contributed by atoms with Gasteiger partial charge in [-0.2, -0.15) is 0 Å². The van der Waals surface area contributed by atoms with E-state index in [0.717, 1.165) is 51.8 Å². The molecule has 7 heteroatoms. The fourth-order valence-electron chi connectivity index (χ4n) is 4.01. The van der Waals surface area contributed by atoms with Crippen LogP contribution in [0.5, 0.6) is 0 Å². The average molecular weight is 371 g/mol. The van der Waals surface area contributed by atoms with E-state index in [1.54, 1.807) is 0 Å². The Balaban J connectivity index is 1.48. The Hall–Kier alpha value is -2.09. The Bertz CT molecular complexity index is 677. The SMILES string of the molecule is CN(C)C1(C2CNCCO2)C=CNC(N2CCN(c3ccccc3)CC2)=N1. The minimum atomic E-state index is -0.482. The standard InChI is InChI=1S/C20H30N6O/c1-24(2)20(18-16-21-10-15-27-18)8-9-22-19(23-20)26-13-11-25(12-14-26)17-6-4-3-5-7-17/h3-9,18,21H,10-16H2,1-2H3,(H,22,23). The quantitative estimate of drug-likeness (QED) is 0.810. The van der Waals surface area contributed by atoms with Gasteiger partial charge in [-0.1, -0.05) is 18.2 Å². The van der Waals surface area contributed by atoms with E-state index in [2.05, 4.69) is 75.8 Å². The van der Waals surface area contributed by atoms with Crippen molar-refractivity contribution in [1.29, 1.82) is 0 Å². The summed E-state index contributed by atoms with van der Waals surface area (Å²) in [6.45, 7) is 6.31. The van der Waals surface area contributed by atoms with E-state index >= 15 is 0 Å². The molecular formula is C20H30N6O. The van der Waals surface area contributed by atoms with Crippen LogP contribution in [0.1, 0.15) is 0 Å². The van der Waals surface area contributed by atoms with Crippen molar-refractivity contribution in [3.05, 3.63) is 42.6 Å². The van der Waals surface area contributed by atoms with Crippen LogP contribution >= 0.6 is 0 Å². The maximum Gasteiger partial charge on any atom is 0.200 e. The molecule has 0 radical (unpaired) electrons. The summed E-state index contributed by atoms with van der Waals surface area (Å²) in [7, 11) is 4.14. The fourth-order valence-corrected chi connectivity index (χ4v) is 4.01. The third kappa shape index (κ3) is 3.67. The number of guanidine groups is 1. The van der Waals surface area contributed by atoms with Crippen LogP contribution in [0.25, 0.3) is 0 Å². The van der Waals surface area contributed by atoms with E-state index in [4.69, 9.17) is 9.73 Å². The van der Waals surface area contributed by atoms with Gasteiger partial charge >= 0.3 is 0 Å². The van der Waals surface area contributed by atoms with Crippen LogP contribution in [0.4, 0.5) is 5.69 Å². The second-order valence-electron chi connectivity index (χ2n) is 7.46. The first kappa shape index (κ1) is 18.3. The summed E-state index contributed by atoms with van der Waals surface area (Å²) in [5.74, 6) is 0.938. The number of hydrogen-bond donors (Lipinski definition) is 2. The molecule has 0 aromatic heterocycles. The predicted octanol–water partition coefficient (Wildman–Crippen LogP) is 0.528. The molecule has 2 atom stereocenters. The van der Waals surface area contributed by atoms with Crippen molar-refractivity contribution in [2.24, 2.45) is 4.99 Å². The van der Waals surface area contributed by atoms with E-state index in [1.807, 2.05) is 6.20 Å². The Labute approximate surface area is 161 Å². The topological polar surface area (TPSA) is 55.4 Å². The Morgan fingerprint density at radius 1 is 1.11 bits per heavy atom. The number of likely N-dealkylation sites (N-methyl/N-ethyl adjacent to an activating group) is 1. The number of hydrogen-bond acceptors (Lipinski definition) is 7. The van der Waals surface area contributed by atoms with Crippen LogP contribution < -0.4 is 15.5 Å². The molecule has 2 fully saturated rings. The molecule has 3 heterocycles. The van der Waals surface area contributed by atoms with Gasteiger partial charge in [-0.25, -0.2) is 4.99 Å². The van der Waals surface area contributed by atoms with Crippen molar-refractivity contribution >= 4 is 11.6 Å². The first-order valence-electron chi connectivity index (χ1n) is 9.78. The molecule has 0 amide bonds. The maximum absolute atomic E-state index is 6.08. The van der Waals surface area contributed by atoms with Gasteiger partial charge in [0.25, 0.3) is 0 Å². The summed E-state index contributed by atoms with van der Waals surface area (Å²) in [5.41, 5.74) is 0.810. The Morgan fingerprint density at radius 3 is 2.52 bits per heavy atom. The van der Waals surface area contributed by atoms with E-state index < -0.39 is 5.66 Å². The highest BCUT2D eigenvalue weighted by atomic mass is 16.5. The summed E-state index contributed by atoms with van der Waals surface area (Å²) < 4.78 is 6.08. The minimum Gasteiger partial charge on any atom is -0.371 e. The molecule has 0 aliphatic carbocycles. The zero-order chi connectivity index (χ0) is 18.7. The maximum atomic E-state index is 6.08. The molecule has 4 rings (SSSR count). The summed E-state index contributed by atoms with van der Waals surface area (Å²) in [5, 5.41) is 6.80. The van der Waals surface area contributed by atoms with Gasteiger partial charge < -0.3 is 25.2 Å². The normalized spacial score (nSPS) is 28.9. The summed E-state index contributed by atoms with van der Waals surface area (Å²) in [6.07, 6.45) is 4.14. The molecule has 2 saturated heterocycles. The Kier molecular flexibility index (Phi) is 5.33. The van der Waals surface area contributed by atoms with Crippen LogP contribution in [0.2, 0.25) is 0 Å². The number of para-hydroxylation sites is 1. The van der Waals surface area contributed by atoms with Crippen molar-refractivity contribution in [3.8, 4) is 0 Å². The lowest BCUT2D eigenvalue weighted by molar-refractivity contribution is -0.0492. The van der Waals surface area contributed by atoms with Crippen LogP contribution in [0.3, 0.4) is 0 Å². The van der Waals surface area contributed by atoms with Crippen LogP contribution in [0, 0.1) is 0 Å². The van der Waals surface area contributed by atoms with Gasteiger partial charge in [0.2, 0.25) is 0 Å². The number of nitrogens with one attached hydrogen (secondary N) is 2. The smallest absolute Gasteiger partial charge is 0.200 e. The van der Waals surface area contributed by atoms with Gasteiger partial charge in [0, 0.05) is 51.2 Å². The number of aliphatic imine (C=N–C) groups is 1. The van der Waals surface area contributed by atoms with Gasteiger partial charge in [-0.3, -0.25) is 4.90 Å². The van der Waals surface area contributed by atoms with Crippen molar-refractivity contribution in [2.75, 3.05) is 64.9 Å². The lowest BCUT2D eigenvalue weighted by Gasteiger charge is -2.45. The van der Waals surface area contributed by atoms with Crippen molar-refractivity contribution in [2.45, 2.75) is 11.8 Å². The van der Waals surface area contributed by atoms with Crippen molar-refractivity contribution in [3.63, 3.8) is 0 Å². The number of anilines is 1. The number of rotatable bonds is 3. The first-order valence-corrected chi connectivity index (χ1v) is 9.78. The molecule has 3 aliphatic rings. The largest absolute Gasteiger partial charge is 0.371 e. The molecule has 7 nitrogen and oxygen atoms in total. The second kappa shape index (κ2) is 7.88. The molecule has 1 aromatic rings. The van der Waals surface area contributed by atoms with Gasteiger partial charge in [0.1, 0.15) is 6.10 Å². The summed E-state index contributed by atoms with van der Waals surface area (Å²) >= 11 is 0.